The van der Waals surface area contributed by atoms with Crippen molar-refractivity contribution in [2.45, 2.75) is 45.6 Å². The van der Waals surface area contributed by atoms with Crippen LogP contribution in [0, 0.1) is 17.8 Å². The number of nitrogens with zero attached hydrogens (tertiary/aromatic N) is 1. The van der Waals surface area contributed by atoms with Gasteiger partial charge in [0.1, 0.15) is 0 Å². The quantitative estimate of drug-likeness (QED) is 0.596. The zero-order chi connectivity index (χ0) is 10.8. The molecule has 4 atom stereocenters. The minimum absolute atomic E-state index is 0.788. The topological polar surface area (TPSA) is 3.24 Å². The number of fused-ring (bicyclic) bond motifs is 5. The number of allylic oxidation sites excluding steroid dienone is 2. The molecule has 2 heterocycles. The van der Waals surface area contributed by atoms with E-state index in [0.717, 1.165) is 23.8 Å². The first-order valence-corrected chi connectivity index (χ1v) is 6.61. The van der Waals surface area contributed by atoms with Crippen molar-refractivity contribution in [2.24, 2.45) is 17.8 Å². The maximum atomic E-state index is 2.60. The molecule has 2 aliphatic heterocycles. The zero-order valence-electron chi connectivity index (χ0n) is 10.4. The Morgan fingerprint density at radius 2 is 2.00 bits per heavy atom. The van der Waals surface area contributed by atoms with Crippen LogP contribution >= 0.6 is 0 Å². The van der Waals surface area contributed by atoms with Crippen LogP contribution in [0.1, 0.15) is 39.5 Å². The van der Waals surface area contributed by atoms with Gasteiger partial charge in [0.2, 0.25) is 0 Å². The van der Waals surface area contributed by atoms with Crippen LogP contribution in [0.25, 0.3) is 0 Å². The summed E-state index contributed by atoms with van der Waals surface area (Å²) in [7, 11) is 2.31. The van der Waals surface area contributed by atoms with Gasteiger partial charge >= 0.3 is 0 Å². The molecule has 3 rings (SSSR count). The van der Waals surface area contributed by atoms with Crippen LogP contribution < -0.4 is 0 Å². The van der Waals surface area contributed by atoms with Gasteiger partial charge in [-0.25, -0.2) is 0 Å². The largest absolute Gasteiger partial charge is 0.303 e. The Bertz CT molecular complexity index is 233. The lowest BCUT2D eigenvalue weighted by Gasteiger charge is -2.34. The first kappa shape index (κ1) is 11.2. The molecule has 0 radical (unpaired) electrons. The summed E-state index contributed by atoms with van der Waals surface area (Å²) < 4.78 is 0. The minimum atomic E-state index is 0.788. The predicted molar refractivity (Wildman–Crippen MR) is 65.8 cm³/mol. The zero-order valence-corrected chi connectivity index (χ0v) is 10.4. The summed E-state index contributed by atoms with van der Waals surface area (Å²) in [6, 6.07) is 0.788. The molecule has 0 saturated carbocycles. The molecule has 1 fully saturated rings. The van der Waals surface area contributed by atoms with E-state index in [1.165, 1.54) is 32.2 Å². The standard InChI is InChI=1S/C14H25N/c1-4-14-11(2)13-7-5-12(6-8-13)9-10-15(14)3/h5,7,11-14H,4,6,8-10H2,1-3H3. The summed E-state index contributed by atoms with van der Waals surface area (Å²) in [4.78, 5) is 2.60. The third kappa shape index (κ3) is 2.28. The number of hydrogen-bond donors (Lipinski definition) is 0. The fourth-order valence-corrected chi connectivity index (χ4v) is 3.48. The SMILES string of the molecule is CCC1C(C)C2C=CC(CC2)CCN1C. The van der Waals surface area contributed by atoms with E-state index in [2.05, 4.69) is 37.9 Å². The van der Waals surface area contributed by atoms with Crippen LogP contribution in [0.3, 0.4) is 0 Å². The molecule has 0 N–H and O–H groups in total. The molecule has 15 heavy (non-hydrogen) atoms. The van der Waals surface area contributed by atoms with Gasteiger partial charge in [0.15, 0.2) is 0 Å². The van der Waals surface area contributed by atoms with Crippen molar-refractivity contribution >= 4 is 0 Å². The fraction of sp³-hybridized carbons (Fsp3) is 0.857. The molecule has 1 nitrogen and oxygen atoms in total. The fourth-order valence-electron chi connectivity index (χ4n) is 3.48. The Labute approximate surface area is 94.5 Å². The Morgan fingerprint density at radius 3 is 2.60 bits per heavy atom. The van der Waals surface area contributed by atoms with Crippen LogP contribution in [0.5, 0.6) is 0 Å². The highest BCUT2D eigenvalue weighted by molar-refractivity contribution is 5.02. The molecule has 0 aromatic carbocycles. The third-order valence-electron chi connectivity index (χ3n) is 4.62. The molecular formula is C14H25N. The van der Waals surface area contributed by atoms with Crippen molar-refractivity contribution in [3.63, 3.8) is 0 Å². The normalized spacial score (nSPS) is 42.3. The van der Waals surface area contributed by atoms with Crippen molar-refractivity contribution in [1.29, 1.82) is 0 Å². The van der Waals surface area contributed by atoms with Gasteiger partial charge in [-0.15, -0.1) is 0 Å². The van der Waals surface area contributed by atoms with E-state index in [9.17, 15) is 0 Å². The van der Waals surface area contributed by atoms with Crippen molar-refractivity contribution < 1.29 is 0 Å². The van der Waals surface area contributed by atoms with Crippen molar-refractivity contribution in [3.8, 4) is 0 Å². The van der Waals surface area contributed by atoms with Crippen LogP contribution in [0.2, 0.25) is 0 Å². The minimum Gasteiger partial charge on any atom is -0.303 e. The molecule has 1 saturated heterocycles. The monoisotopic (exact) mass is 207 g/mol. The molecule has 86 valence electrons. The van der Waals surface area contributed by atoms with Gasteiger partial charge in [0.05, 0.1) is 0 Å². The van der Waals surface area contributed by atoms with Gasteiger partial charge in [-0.05, 0) is 57.0 Å². The highest BCUT2D eigenvalue weighted by Crippen LogP contribution is 2.35. The highest BCUT2D eigenvalue weighted by Gasteiger charge is 2.30. The van der Waals surface area contributed by atoms with Gasteiger partial charge in [-0.3, -0.25) is 0 Å². The summed E-state index contributed by atoms with van der Waals surface area (Å²) in [5.74, 6) is 2.54. The van der Waals surface area contributed by atoms with Gasteiger partial charge in [-0.2, -0.15) is 0 Å². The highest BCUT2D eigenvalue weighted by atomic mass is 15.1. The molecule has 0 aromatic rings. The summed E-state index contributed by atoms with van der Waals surface area (Å²) in [5.41, 5.74) is 0. The second-order valence-corrected chi connectivity index (χ2v) is 5.49. The van der Waals surface area contributed by atoms with Crippen molar-refractivity contribution in [1.82, 2.24) is 4.90 Å². The van der Waals surface area contributed by atoms with Crippen LogP contribution in [-0.2, 0) is 0 Å². The maximum absolute atomic E-state index is 2.60. The van der Waals surface area contributed by atoms with E-state index in [4.69, 9.17) is 0 Å². The lowest BCUT2D eigenvalue weighted by Crippen LogP contribution is -2.39. The smallest absolute Gasteiger partial charge is 0.0121 e. The third-order valence-corrected chi connectivity index (χ3v) is 4.62. The van der Waals surface area contributed by atoms with Crippen molar-refractivity contribution in [3.05, 3.63) is 12.2 Å². The Morgan fingerprint density at radius 1 is 1.20 bits per heavy atom. The summed E-state index contributed by atoms with van der Waals surface area (Å²) >= 11 is 0. The lowest BCUT2D eigenvalue weighted by molar-refractivity contribution is 0.156. The summed E-state index contributed by atoms with van der Waals surface area (Å²) in [6.07, 6.45) is 10.5. The van der Waals surface area contributed by atoms with E-state index in [0.29, 0.717) is 0 Å². The second kappa shape index (κ2) is 4.69. The van der Waals surface area contributed by atoms with Gasteiger partial charge < -0.3 is 4.90 Å². The number of hydrogen-bond acceptors (Lipinski definition) is 1. The van der Waals surface area contributed by atoms with Crippen LogP contribution in [-0.4, -0.2) is 24.5 Å². The molecule has 0 aromatic heterocycles. The first-order valence-electron chi connectivity index (χ1n) is 6.61. The predicted octanol–water partition coefficient (Wildman–Crippen LogP) is 3.32. The van der Waals surface area contributed by atoms with E-state index >= 15 is 0 Å². The van der Waals surface area contributed by atoms with E-state index in [1.807, 2.05) is 0 Å². The van der Waals surface area contributed by atoms with Crippen molar-refractivity contribution in [2.75, 3.05) is 13.6 Å². The van der Waals surface area contributed by atoms with Crippen LogP contribution in [0.4, 0.5) is 0 Å². The molecule has 1 heteroatoms. The summed E-state index contributed by atoms with van der Waals surface area (Å²) in [5, 5.41) is 0. The van der Waals surface area contributed by atoms with Gasteiger partial charge in [0, 0.05) is 6.04 Å². The Kier molecular flexibility index (Phi) is 3.50. The molecule has 0 amide bonds. The maximum Gasteiger partial charge on any atom is 0.0121 e. The first-order chi connectivity index (χ1) is 7.22. The van der Waals surface area contributed by atoms with Gasteiger partial charge in [-0.1, -0.05) is 26.0 Å². The average molecular weight is 207 g/mol. The molecule has 1 aliphatic carbocycles. The van der Waals surface area contributed by atoms with Crippen LogP contribution in [0.15, 0.2) is 12.2 Å². The number of rotatable bonds is 1. The van der Waals surface area contributed by atoms with E-state index in [1.54, 1.807) is 0 Å². The van der Waals surface area contributed by atoms with E-state index < -0.39 is 0 Å². The summed E-state index contributed by atoms with van der Waals surface area (Å²) in [6.45, 7) is 6.07. The second-order valence-electron chi connectivity index (χ2n) is 5.49. The average Bonchev–Trinajstić information content (AvgIpc) is 2.35. The molecule has 3 aliphatic rings. The van der Waals surface area contributed by atoms with E-state index in [-0.39, 0.29) is 0 Å². The Hall–Kier alpha value is -0.300. The molecular weight excluding hydrogens is 182 g/mol. The molecule has 2 bridgehead atoms. The molecule has 4 unspecified atom stereocenters. The molecule has 0 spiro atoms. The Balaban J connectivity index is 2.17. The van der Waals surface area contributed by atoms with Gasteiger partial charge in [0.25, 0.3) is 0 Å². The lowest BCUT2D eigenvalue weighted by atomic mass is 9.78.